The summed E-state index contributed by atoms with van der Waals surface area (Å²) >= 11 is 0. The fraction of sp³-hybridized carbons (Fsp3) is 0.682. The van der Waals surface area contributed by atoms with Gasteiger partial charge in [-0.2, -0.15) is 0 Å². The number of aliphatic hydroxyl groups is 1. The fourth-order valence-corrected chi connectivity index (χ4v) is 6.62. The van der Waals surface area contributed by atoms with Gasteiger partial charge in [0.1, 0.15) is 11.9 Å². The first-order valence-electron chi connectivity index (χ1n) is 10.2. The van der Waals surface area contributed by atoms with E-state index in [1.54, 1.807) is 6.92 Å². The van der Waals surface area contributed by atoms with Crippen LogP contribution >= 0.6 is 0 Å². The van der Waals surface area contributed by atoms with Crippen molar-refractivity contribution < 1.29 is 38.4 Å². The standard InChI is InChI=1S/C22H28O8/c1-21-10(6-13(27-3)18(29-5)20(21)26)7-14-22(2)12(8-15(24)30-14)11(9-23)17(28-4)16(25)19(21)22/h10,12,14,19,23H,6-9H2,1-5H3/t10-,12+,14-,19-,21+,22-/m1/s1. The Morgan fingerprint density at radius 3 is 2.27 bits per heavy atom. The highest BCUT2D eigenvalue weighted by Gasteiger charge is 2.72. The molecular formula is C22H28O8. The maximum atomic E-state index is 13.8. The second-order valence-electron chi connectivity index (χ2n) is 9.02. The number of esters is 1. The first-order chi connectivity index (χ1) is 14.2. The zero-order valence-corrected chi connectivity index (χ0v) is 17.9. The van der Waals surface area contributed by atoms with Gasteiger partial charge in [0.15, 0.2) is 11.5 Å². The van der Waals surface area contributed by atoms with E-state index in [0.29, 0.717) is 24.2 Å². The normalized spacial score (nSPS) is 40.5. The Morgan fingerprint density at radius 2 is 1.70 bits per heavy atom. The van der Waals surface area contributed by atoms with Gasteiger partial charge in [-0.15, -0.1) is 0 Å². The molecule has 0 amide bonds. The van der Waals surface area contributed by atoms with E-state index < -0.39 is 35.4 Å². The fourth-order valence-electron chi connectivity index (χ4n) is 6.62. The number of ether oxygens (including phenoxy) is 4. The summed E-state index contributed by atoms with van der Waals surface area (Å²) in [5, 5.41) is 10.1. The first kappa shape index (κ1) is 20.9. The summed E-state index contributed by atoms with van der Waals surface area (Å²) in [6.45, 7) is 3.31. The molecule has 1 N–H and O–H groups in total. The largest absolute Gasteiger partial charge is 0.497 e. The van der Waals surface area contributed by atoms with Gasteiger partial charge in [0.2, 0.25) is 11.6 Å². The minimum Gasteiger partial charge on any atom is -0.497 e. The highest BCUT2D eigenvalue weighted by atomic mass is 16.5. The molecule has 8 nitrogen and oxygen atoms in total. The van der Waals surface area contributed by atoms with Crippen molar-refractivity contribution in [2.24, 2.45) is 28.6 Å². The zero-order valence-electron chi connectivity index (χ0n) is 17.9. The number of aliphatic hydroxyl groups excluding tert-OH is 1. The van der Waals surface area contributed by atoms with Crippen molar-refractivity contribution in [3.63, 3.8) is 0 Å². The third-order valence-corrected chi connectivity index (χ3v) is 8.06. The van der Waals surface area contributed by atoms with Crippen LogP contribution in [0.3, 0.4) is 0 Å². The molecule has 4 rings (SSSR count). The average Bonchev–Trinajstić information content (AvgIpc) is 2.71. The molecule has 8 heteroatoms. The monoisotopic (exact) mass is 420 g/mol. The Morgan fingerprint density at radius 1 is 1.03 bits per heavy atom. The number of carbonyl (C=O) groups is 3. The molecule has 0 unspecified atom stereocenters. The molecule has 1 aliphatic heterocycles. The summed E-state index contributed by atoms with van der Waals surface area (Å²) < 4.78 is 22.0. The topological polar surface area (TPSA) is 108 Å². The first-order valence-corrected chi connectivity index (χ1v) is 10.2. The smallest absolute Gasteiger partial charge is 0.306 e. The quantitative estimate of drug-likeness (QED) is 0.682. The Hall–Kier alpha value is -2.35. The molecule has 0 aromatic rings. The van der Waals surface area contributed by atoms with Crippen molar-refractivity contribution in [2.75, 3.05) is 27.9 Å². The predicted octanol–water partition coefficient (Wildman–Crippen LogP) is 1.52. The predicted molar refractivity (Wildman–Crippen MR) is 103 cm³/mol. The molecule has 6 atom stereocenters. The maximum absolute atomic E-state index is 13.8. The molecule has 0 aromatic heterocycles. The average molecular weight is 420 g/mol. The molecule has 0 radical (unpaired) electrons. The lowest BCUT2D eigenvalue weighted by molar-refractivity contribution is -0.215. The van der Waals surface area contributed by atoms with E-state index in [-0.39, 0.29) is 41.4 Å². The lowest BCUT2D eigenvalue weighted by Gasteiger charge is -2.63. The zero-order chi connectivity index (χ0) is 22.0. The molecule has 1 heterocycles. The number of carbonyl (C=O) groups excluding carboxylic acids is 3. The number of hydrogen-bond acceptors (Lipinski definition) is 8. The van der Waals surface area contributed by atoms with Crippen molar-refractivity contribution in [1.29, 1.82) is 0 Å². The summed E-state index contributed by atoms with van der Waals surface area (Å²) in [4.78, 5) is 39.9. The van der Waals surface area contributed by atoms with Gasteiger partial charge in [0.05, 0.1) is 34.4 Å². The SMILES string of the molecule is COC1=C(OC)C(=O)[C@@]2(C)[C@H](C1)C[C@H]1OC(=O)C[C@H]3C(CO)=C(OC)C(=O)[C@H]2[C@@]13C. The molecule has 2 fully saturated rings. The van der Waals surface area contributed by atoms with E-state index in [1.807, 2.05) is 6.92 Å². The number of methoxy groups -OCH3 is 3. The van der Waals surface area contributed by atoms with E-state index >= 15 is 0 Å². The molecule has 0 spiro atoms. The van der Waals surface area contributed by atoms with Crippen molar-refractivity contribution in [1.82, 2.24) is 0 Å². The van der Waals surface area contributed by atoms with Crippen LogP contribution < -0.4 is 0 Å². The van der Waals surface area contributed by atoms with E-state index in [4.69, 9.17) is 18.9 Å². The maximum Gasteiger partial charge on any atom is 0.306 e. The van der Waals surface area contributed by atoms with Crippen LogP contribution in [0.1, 0.15) is 33.1 Å². The van der Waals surface area contributed by atoms with Crippen molar-refractivity contribution >= 4 is 17.5 Å². The molecule has 30 heavy (non-hydrogen) atoms. The van der Waals surface area contributed by atoms with Crippen LogP contribution in [0, 0.1) is 28.6 Å². The summed E-state index contributed by atoms with van der Waals surface area (Å²) in [7, 11) is 4.28. The Labute approximate surface area is 175 Å². The number of ketones is 2. The molecule has 4 aliphatic rings. The van der Waals surface area contributed by atoms with Crippen molar-refractivity contribution in [3.8, 4) is 0 Å². The minimum absolute atomic E-state index is 0.0325. The highest BCUT2D eigenvalue weighted by Crippen LogP contribution is 2.66. The second kappa shape index (κ2) is 6.83. The molecular weight excluding hydrogens is 392 g/mol. The van der Waals surface area contributed by atoms with E-state index in [9.17, 15) is 19.5 Å². The van der Waals surface area contributed by atoms with Gasteiger partial charge in [-0.25, -0.2) is 0 Å². The summed E-state index contributed by atoms with van der Waals surface area (Å²) in [5.41, 5.74) is -1.51. The van der Waals surface area contributed by atoms with Gasteiger partial charge in [0.25, 0.3) is 0 Å². The second-order valence-corrected chi connectivity index (χ2v) is 9.02. The lowest BCUT2D eigenvalue weighted by atomic mass is 9.41. The number of allylic oxidation sites excluding steroid dienone is 3. The molecule has 0 bridgehead atoms. The summed E-state index contributed by atoms with van der Waals surface area (Å²) in [6.07, 6.45) is 0.311. The van der Waals surface area contributed by atoms with Gasteiger partial charge in [-0.1, -0.05) is 13.8 Å². The van der Waals surface area contributed by atoms with Gasteiger partial charge in [-0.3, -0.25) is 14.4 Å². The van der Waals surface area contributed by atoms with Gasteiger partial charge >= 0.3 is 5.97 Å². The number of Topliss-reactive ketones (excluding diaryl/α,β-unsaturated/α-hetero) is 2. The Bertz CT molecular complexity index is 886. The molecule has 1 saturated carbocycles. The third-order valence-electron chi connectivity index (χ3n) is 8.06. The van der Waals surface area contributed by atoms with Crippen LogP contribution in [0.5, 0.6) is 0 Å². The van der Waals surface area contributed by atoms with Crippen LogP contribution in [0.4, 0.5) is 0 Å². The van der Waals surface area contributed by atoms with Gasteiger partial charge in [-0.05, 0) is 12.3 Å². The van der Waals surface area contributed by atoms with Crippen LogP contribution in [-0.2, 0) is 33.3 Å². The third kappa shape index (κ3) is 2.34. The van der Waals surface area contributed by atoms with Gasteiger partial charge in [0, 0.05) is 34.7 Å². The van der Waals surface area contributed by atoms with E-state index in [0.717, 1.165) is 0 Å². The highest BCUT2D eigenvalue weighted by molar-refractivity contribution is 6.07. The molecule has 3 aliphatic carbocycles. The summed E-state index contributed by atoms with van der Waals surface area (Å²) in [6, 6.07) is 0. The van der Waals surface area contributed by atoms with Crippen LogP contribution in [0.15, 0.2) is 22.9 Å². The molecule has 164 valence electrons. The lowest BCUT2D eigenvalue weighted by Crippen LogP contribution is -2.69. The Kier molecular flexibility index (Phi) is 4.76. The molecule has 0 aromatic carbocycles. The number of fused-ring (bicyclic) bond motifs is 2. The molecule has 1 saturated heterocycles. The van der Waals surface area contributed by atoms with Gasteiger partial charge < -0.3 is 24.1 Å². The van der Waals surface area contributed by atoms with Crippen LogP contribution in [0.25, 0.3) is 0 Å². The Balaban J connectivity index is 1.98. The van der Waals surface area contributed by atoms with E-state index in [1.165, 1.54) is 21.3 Å². The number of rotatable bonds is 4. The van der Waals surface area contributed by atoms with Crippen LogP contribution in [-0.4, -0.2) is 56.7 Å². The summed E-state index contributed by atoms with van der Waals surface area (Å²) in [5.74, 6) is -1.87. The minimum atomic E-state index is -1.08. The van der Waals surface area contributed by atoms with Crippen molar-refractivity contribution in [3.05, 3.63) is 22.9 Å². The number of hydrogen-bond donors (Lipinski definition) is 1. The van der Waals surface area contributed by atoms with Crippen molar-refractivity contribution in [2.45, 2.75) is 39.2 Å². The van der Waals surface area contributed by atoms with Crippen LogP contribution in [0.2, 0.25) is 0 Å². The van der Waals surface area contributed by atoms with E-state index in [2.05, 4.69) is 0 Å².